The number of aliphatic hydroxyl groups is 2. The van der Waals surface area contributed by atoms with Crippen LogP contribution < -0.4 is 5.32 Å². The Kier molecular flexibility index (Phi) is 7.09. The molecule has 3 N–H and O–H groups in total. The molecule has 3 aromatic rings. The smallest absolute Gasteiger partial charge is 0.416 e. The summed E-state index contributed by atoms with van der Waals surface area (Å²) in [7, 11) is 0. The second kappa shape index (κ2) is 10.1. The molecule has 9 heteroatoms. The van der Waals surface area contributed by atoms with E-state index in [9.17, 15) is 32.6 Å². The van der Waals surface area contributed by atoms with Crippen LogP contribution in [0.15, 0.2) is 66.7 Å². The quantitative estimate of drug-likeness (QED) is 0.401. The predicted molar refractivity (Wildman–Crippen MR) is 120 cm³/mol. The van der Waals surface area contributed by atoms with Crippen molar-refractivity contribution in [2.45, 2.75) is 30.7 Å². The van der Waals surface area contributed by atoms with E-state index in [1.165, 1.54) is 0 Å². The fraction of sp³-hybridized carbons (Fsp3) is 0.269. The van der Waals surface area contributed by atoms with Crippen LogP contribution >= 0.6 is 0 Å². The van der Waals surface area contributed by atoms with Gasteiger partial charge in [-0.3, -0.25) is 0 Å². The highest BCUT2D eigenvalue weighted by molar-refractivity contribution is 5.79. The summed E-state index contributed by atoms with van der Waals surface area (Å²) < 4.78 is 58.3. The van der Waals surface area contributed by atoms with Gasteiger partial charge in [0.25, 0.3) is 0 Å². The van der Waals surface area contributed by atoms with Gasteiger partial charge in [0, 0.05) is 12.5 Å². The molecular formula is C26H23F4NO4. The van der Waals surface area contributed by atoms with Gasteiger partial charge < -0.3 is 20.3 Å². The van der Waals surface area contributed by atoms with Crippen molar-refractivity contribution in [1.29, 1.82) is 0 Å². The minimum Gasteiger partial charge on any atom is -0.449 e. The van der Waals surface area contributed by atoms with E-state index in [0.717, 1.165) is 22.3 Å². The number of ether oxygens (including phenoxy) is 1. The molecule has 4 rings (SSSR count). The highest BCUT2D eigenvalue weighted by Gasteiger charge is 2.36. The van der Waals surface area contributed by atoms with E-state index >= 15 is 0 Å². The van der Waals surface area contributed by atoms with Gasteiger partial charge in [0.1, 0.15) is 18.5 Å². The van der Waals surface area contributed by atoms with E-state index in [4.69, 9.17) is 4.74 Å². The average molecular weight is 489 g/mol. The molecule has 1 amide bonds. The van der Waals surface area contributed by atoms with Gasteiger partial charge in [0.15, 0.2) is 0 Å². The van der Waals surface area contributed by atoms with E-state index in [1.54, 1.807) is 0 Å². The maximum atomic E-state index is 13.5. The summed E-state index contributed by atoms with van der Waals surface area (Å²) in [5.74, 6) is -1.12. The molecule has 35 heavy (non-hydrogen) atoms. The Morgan fingerprint density at radius 2 is 1.57 bits per heavy atom. The van der Waals surface area contributed by atoms with Gasteiger partial charge in [-0.2, -0.15) is 13.2 Å². The second-order valence-electron chi connectivity index (χ2n) is 8.28. The molecule has 0 saturated heterocycles. The van der Waals surface area contributed by atoms with E-state index in [0.29, 0.717) is 18.2 Å². The SMILES string of the molecule is O=C(NCCC(O)C(O)c1cc(F)ccc1C(F)(F)F)OCC1c2ccccc2-c2ccccc21. The van der Waals surface area contributed by atoms with E-state index in [1.807, 2.05) is 48.5 Å². The van der Waals surface area contributed by atoms with Crippen molar-refractivity contribution in [3.05, 3.63) is 94.8 Å². The maximum Gasteiger partial charge on any atom is 0.416 e. The lowest BCUT2D eigenvalue weighted by molar-refractivity contribution is -0.140. The molecule has 0 aliphatic heterocycles. The molecule has 0 saturated carbocycles. The van der Waals surface area contributed by atoms with Gasteiger partial charge in [0.05, 0.1) is 11.7 Å². The van der Waals surface area contributed by atoms with Crippen molar-refractivity contribution < 1.29 is 37.3 Å². The van der Waals surface area contributed by atoms with Crippen LogP contribution in [0.2, 0.25) is 0 Å². The van der Waals surface area contributed by atoms with E-state index in [2.05, 4.69) is 5.32 Å². The fourth-order valence-electron chi connectivity index (χ4n) is 4.37. The summed E-state index contributed by atoms with van der Waals surface area (Å²) in [5.41, 5.74) is 2.21. The van der Waals surface area contributed by atoms with Crippen molar-refractivity contribution in [3.63, 3.8) is 0 Å². The highest BCUT2D eigenvalue weighted by Crippen LogP contribution is 2.44. The Bertz CT molecular complexity index is 1170. The zero-order valence-corrected chi connectivity index (χ0v) is 18.4. The number of carbonyl (C=O) groups is 1. The van der Waals surface area contributed by atoms with Gasteiger partial charge in [-0.05, 0) is 52.4 Å². The standard InChI is InChI=1S/C26H23F4NO4/c27-15-9-10-22(26(28,29)30)20(13-15)24(33)23(32)11-12-31-25(34)35-14-21-18-7-3-1-5-16(18)17-6-2-4-8-19(17)21/h1-10,13,21,23-24,32-33H,11-12,14H2,(H,31,34). The summed E-state index contributed by atoms with van der Waals surface area (Å²) in [6.45, 7) is -0.102. The van der Waals surface area contributed by atoms with Crippen molar-refractivity contribution in [3.8, 4) is 11.1 Å². The van der Waals surface area contributed by atoms with Gasteiger partial charge >= 0.3 is 12.3 Å². The summed E-state index contributed by atoms with van der Waals surface area (Å²) >= 11 is 0. The molecule has 0 fully saturated rings. The van der Waals surface area contributed by atoms with Crippen molar-refractivity contribution >= 4 is 6.09 Å². The molecule has 0 aromatic heterocycles. The van der Waals surface area contributed by atoms with Crippen LogP contribution in [0.4, 0.5) is 22.4 Å². The molecule has 1 aliphatic rings. The first kappa shape index (κ1) is 24.7. The Morgan fingerprint density at radius 1 is 0.971 bits per heavy atom. The normalized spacial score (nSPS) is 14.7. The van der Waals surface area contributed by atoms with Crippen molar-refractivity contribution in [1.82, 2.24) is 5.32 Å². The molecule has 5 nitrogen and oxygen atoms in total. The number of benzene rings is 3. The van der Waals surface area contributed by atoms with E-state index in [-0.39, 0.29) is 25.5 Å². The van der Waals surface area contributed by atoms with Gasteiger partial charge in [-0.25, -0.2) is 9.18 Å². The number of aliphatic hydroxyl groups excluding tert-OH is 2. The van der Waals surface area contributed by atoms with Crippen LogP contribution in [0.3, 0.4) is 0 Å². The van der Waals surface area contributed by atoms with Gasteiger partial charge in [-0.1, -0.05) is 48.5 Å². The lowest BCUT2D eigenvalue weighted by atomic mass is 9.96. The number of amides is 1. The highest BCUT2D eigenvalue weighted by atomic mass is 19.4. The third kappa shape index (κ3) is 5.31. The fourth-order valence-corrected chi connectivity index (χ4v) is 4.37. The molecule has 2 atom stereocenters. The van der Waals surface area contributed by atoms with Crippen molar-refractivity contribution in [2.75, 3.05) is 13.2 Å². The number of alkyl carbamates (subject to hydrolysis) is 1. The Labute approximate surface area is 199 Å². The second-order valence-corrected chi connectivity index (χ2v) is 8.28. The number of rotatable bonds is 7. The number of hydrogen-bond donors (Lipinski definition) is 3. The molecule has 0 spiro atoms. The van der Waals surface area contributed by atoms with Crippen LogP contribution in [0.5, 0.6) is 0 Å². The monoisotopic (exact) mass is 489 g/mol. The minimum atomic E-state index is -4.83. The Morgan fingerprint density at radius 3 is 2.17 bits per heavy atom. The first-order valence-electron chi connectivity index (χ1n) is 11.0. The van der Waals surface area contributed by atoms with E-state index < -0.39 is 41.4 Å². The lowest BCUT2D eigenvalue weighted by Gasteiger charge is -2.22. The molecule has 0 radical (unpaired) electrons. The molecule has 184 valence electrons. The van der Waals surface area contributed by atoms with Crippen LogP contribution in [0.1, 0.15) is 40.7 Å². The zero-order chi connectivity index (χ0) is 25.2. The molecule has 2 unspecified atom stereocenters. The third-order valence-electron chi connectivity index (χ3n) is 6.06. The van der Waals surface area contributed by atoms with Gasteiger partial charge in [-0.15, -0.1) is 0 Å². The van der Waals surface area contributed by atoms with Crippen LogP contribution in [-0.4, -0.2) is 35.6 Å². The van der Waals surface area contributed by atoms with Crippen LogP contribution in [0, 0.1) is 5.82 Å². The summed E-state index contributed by atoms with van der Waals surface area (Å²) in [6.07, 6.45) is -9.55. The average Bonchev–Trinajstić information content (AvgIpc) is 3.15. The molecule has 0 heterocycles. The van der Waals surface area contributed by atoms with Crippen molar-refractivity contribution in [2.24, 2.45) is 0 Å². The summed E-state index contributed by atoms with van der Waals surface area (Å²) in [4.78, 5) is 12.2. The first-order chi connectivity index (χ1) is 16.7. The summed E-state index contributed by atoms with van der Waals surface area (Å²) in [6, 6.07) is 17.3. The molecule has 0 bridgehead atoms. The lowest BCUT2D eigenvalue weighted by Crippen LogP contribution is -2.31. The van der Waals surface area contributed by atoms with Crippen LogP contribution in [0.25, 0.3) is 11.1 Å². The van der Waals surface area contributed by atoms with Crippen LogP contribution in [-0.2, 0) is 10.9 Å². The minimum absolute atomic E-state index is 0.0727. The molecular weight excluding hydrogens is 466 g/mol. The largest absolute Gasteiger partial charge is 0.449 e. The molecule has 1 aliphatic carbocycles. The summed E-state index contributed by atoms with van der Waals surface area (Å²) in [5, 5.41) is 22.8. The zero-order valence-electron chi connectivity index (χ0n) is 18.4. The van der Waals surface area contributed by atoms with Gasteiger partial charge in [0.2, 0.25) is 0 Å². The Balaban J connectivity index is 1.32. The topological polar surface area (TPSA) is 78.8 Å². The number of hydrogen-bond acceptors (Lipinski definition) is 4. The predicted octanol–water partition coefficient (Wildman–Crippen LogP) is 5.17. The number of fused-ring (bicyclic) bond motifs is 3. The number of halogens is 4. The number of carbonyl (C=O) groups excluding carboxylic acids is 1. The maximum absolute atomic E-state index is 13.5. The number of alkyl halides is 3. The molecule has 3 aromatic carbocycles. The Hall–Kier alpha value is -3.43. The first-order valence-corrected chi connectivity index (χ1v) is 11.0. The number of nitrogens with one attached hydrogen (secondary N) is 1. The third-order valence-corrected chi connectivity index (χ3v) is 6.06.